The molecule has 0 saturated carbocycles. The fourth-order valence-corrected chi connectivity index (χ4v) is 7.43. The van der Waals surface area contributed by atoms with Gasteiger partial charge in [0.15, 0.2) is 5.58 Å². The summed E-state index contributed by atoms with van der Waals surface area (Å²) in [6.45, 7) is 0. The third-order valence-electron chi connectivity index (χ3n) is 9.87. The van der Waals surface area contributed by atoms with E-state index in [9.17, 15) is 0 Å². The number of furan rings is 1. The first-order valence-electron chi connectivity index (χ1n) is 17.0. The van der Waals surface area contributed by atoms with Gasteiger partial charge in [-0.05, 0) is 92.3 Å². The highest BCUT2D eigenvalue weighted by Crippen LogP contribution is 2.44. The van der Waals surface area contributed by atoms with E-state index in [1.807, 2.05) is 24.4 Å². The molecule has 10 rings (SSSR count). The first-order valence-corrected chi connectivity index (χ1v) is 17.0. The summed E-state index contributed by atoms with van der Waals surface area (Å²) in [5.41, 5.74) is 10.4. The lowest BCUT2D eigenvalue weighted by Gasteiger charge is -2.26. The Morgan fingerprint density at radius 2 is 1.10 bits per heavy atom. The molecule has 8 aromatic carbocycles. The van der Waals surface area contributed by atoms with Gasteiger partial charge in [-0.3, -0.25) is 4.98 Å². The van der Waals surface area contributed by atoms with Crippen LogP contribution in [0.25, 0.3) is 76.6 Å². The molecule has 0 atom stereocenters. The molecule has 234 valence electrons. The zero-order valence-corrected chi connectivity index (χ0v) is 27.1. The van der Waals surface area contributed by atoms with Crippen LogP contribution in [0.1, 0.15) is 0 Å². The minimum atomic E-state index is 0.829. The number of hydrogen-bond donors (Lipinski definition) is 0. The molecule has 0 spiro atoms. The summed E-state index contributed by atoms with van der Waals surface area (Å²) >= 11 is 0. The minimum absolute atomic E-state index is 0.829. The van der Waals surface area contributed by atoms with Gasteiger partial charge in [0.1, 0.15) is 5.58 Å². The second kappa shape index (κ2) is 11.5. The molecule has 0 saturated heterocycles. The maximum absolute atomic E-state index is 6.85. The number of rotatable bonds is 5. The molecular formula is C47H30N2O. The number of fused-ring (bicyclic) bond motifs is 7. The van der Waals surface area contributed by atoms with Crippen LogP contribution in [0.4, 0.5) is 17.1 Å². The molecule has 50 heavy (non-hydrogen) atoms. The quantitative estimate of drug-likeness (QED) is 0.188. The molecule has 0 aliphatic carbocycles. The molecule has 0 amide bonds. The van der Waals surface area contributed by atoms with Crippen molar-refractivity contribution in [3.05, 3.63) is 182 Å². The fourth-order valence-electron chi connectivity index (χ4n) is 7.43. The Labute approximate surface area is 289 Å². The molecule has 0 unspecified atom stereocenters. The van der Waals surface area contributed by atoms with Gasteiger partial charge in [-0.15, -0.1) is 0 Å². The van der Waals surface area contributed by atoms with Crippen molar-refractivity contribution in [1.29, 1.82) is 0 Å². The summed E-state index contributed by atoms with van der Waals surface area (Å²) < 4.78 is 6.85. The highest BCUT2D eigenvalue weighted by Gasteiger charge is 2.21. The van der Waals surface area contributed by atoms with E-state index in [0.717, 1.165) is 55.5 Å². The number of benzene rings is 8. The Morgan fingerprint density at radius 1 is 0.400 bits per heavy atom. The van der Waals surface area contributed by atoms with Crippen molar-refractivity contribution in [3.8, 4) is 22.3 Å². The van der Waals surface area contributed by atoms with Gasteiger partial charge in [0.2, 0.25) is 0 Å². The monoisotopic (exact) mass is 638 g/mol. The minimum Gasteiger partial charge on any atom is -0.453 e. The third-order valence-corrected chi connectivity index (χ3v) is 9.87. The predicted molar refractivity (Wildman–Crippen MR) is 210 cm³/mol. The maximum Gasteiger partial charge on any atom is 0.159 e. The van der Waals surface area contributed by atoms with Gasteiger partial charge in [-0.25, -0.2) is 0 Å². The molecule has 0 aliphatic rings. The molecule has 10 aromatic rings. The van der Waals surface area contributed by atoms with E-state index in [1.54, 1.807) is 0 Å². The number of nitrogens with zero attached hydrogens (tertiary/aromatic N) is 2. The van der Waals surface area contributed by atoms with Crippen LogP contribution in [0.2, 0.25) is 0 Å². The second-order valence-electron chi connectivity index (χ2n) is 12.8. The van der Waals surface area contributed by atoms with E-state index in [1.165, 1.54) is 38.2 Å². The van der Waals surface area contributed by atoms with E-state index < -0.39 is 0 Å². The number of pyridine rings is 1. The number of anilines is 3. The molecule has 0 N–H and O–H groups in total. The van der Waals surface area contributed by atoms with E-state index in [-0.39, 0.29) is 0 Å². The molecule has 0 bridgehead atoms. The zero-order chi connectivity index (χ0) is 33.0. The van der Waals surface area contributed by atoms with Crippen molar-refractivity contribution in [2.24, 2.45) is 0 Å². The van der Waals surface area contributed by atoms with Gasteiger partial charge < -0.3 is 9.32 Å². The highest BCUT2D eigenvalue weighted by molar-refractivity contribution is 6.16. The van der Waals surface area contributed by atoms with Gasteiger partial charge in [0, 0.05) is 33.7 Å². The Hall–Kier alpha value is -6.71. The standard InChI is InChI=1S/C47H30N2O/c1-2-12-34-28-35(23-22-31(34)10-1)32-24-26-37(27-25-32)49(38-15-7-14-36(29-38)40-18-8-13-33-11-3-4-16-39(33)40)45-21-9-19-41-43-30-48-44-20-6-5-17-42(44)46(43)50-47(41)45/h1-30H. The third kappa shape index (κ3) is 4.63. The van der Waals surface area contributed by atoms with Crippen LogP contribution in [-0.4, -0.2) is 4.98 Å². The summed E-state index contributed by atoms with van der Waals surface area (Å²) in [7, 11) is 0. The Morgan fingerprint density at radius 3 is 2.00 bits per heavy atom. The van der Waals surface area contributed by atoms with Crippen LogP contribution >= 0.6 is 0 Å². The van der Waals surface area contributed by atoms with Crippen molar-refractivity contribution >= 4 is 71.4 Å². The van der Waals surface area contributed by atoms with Crippen molar-refractivity contribution in [3.63, 3.8) is 0 Å². The van der Waals surface area contributed by atoms with Gasteiger partial charge in [0.05, 0.1) is 11.2 Å². The van der Waals surface area contributed by atoms with Crippen molar-refractivity contribution in [2.75, 3.05) is 4.90 Å². The lowest BCUT2D eigenvalue weighted by Crippen LogP contribution is -2.10. The molecule has 0 aliphatic heterocycles. The summed E-state index contributed by atoms with van der Waals surface area (Å²) in [4.78, 5) is 7.09. The Balaban J connectivity index is 1.17. The lowest BCUT2D eigenvalue weighted by molar-refractivity contribution is 0.672. The van der Waals surface area contributed by atoms with Crippen LogP contribution in [-0.2, 0) is 0 Å². The first-order chi connectivity index (χ1) is 24.8. The molecule has 0 radical (unpaired) electrons. The SMILES string of the molecule is c1cc(-c2cccc3ccccc23)cc(N(c2ccc(-c3ccc4ccccc4c3)cc2)c2cccc3c2oc2c4ccccc4ncc32)c1. The predicted octanol–water partition coefficient (Wildman–Crippen LogP) is 13.2. The molecule has 0 fully saturated rings. The van der Waals surface area contributed by atoms with Gasteiger partial charge in [0.25, 0.3) is 0 Å². The maximum atomic E-state index is 6.85. The first kappa shape index (κ1) is 28.3. The fraction of sp³-hybridized carbons (Fsp3) is 0. The van der Waals surface area contributed by atoms with E-state index >= 15 is 0 Å². The van der Waals surface area contributed by atoms with Crippen LogP contribution in [0.3, 0.4) is 0 Å². The van der Waals surface area contributed by atoms with Crippen LogP contribution in [0.5, 0.6) is 0 Å². The second-order valence-corrected chi connectivity index (χ2v) is 12.8. The van der Waals surface area contributed by atoms with E-state index in [0.29, 0.717) is 0 Å². The number of hydrogen-bond acceptors (Lipinski definition) is 3. The molecular weight excluding hydrogens is 609 g/mol. The van der Waals surface area contributed by atoms with Crippen LogP contribution in [0.15, 0.2) is 187 Å². The van der Waals surface area contributed by atoms with Gasteiger partial charge >= 0.3 is 0 Å². The Kier molecular flexibility index (Phi) is 6.49. The van der Waals surface area contributed by atoms with Gasteiger partial charge in [-0.2, -0.15) is 0 Å². The van der Waals surface area contributed by atoms with Crippen LogP contribution in [0, 0.1) is 0 Å². The van der Waals surface area contributed by atoms with Crippen molar-refractivity contribution < 1.29 is 4.42 Å². The van der Waals surface area contributed by atoms with Crippen molar-refractivity contribution in [2.45, 2.75) is 0 Å². The zero-order valence-electron chi connectivity index (χ0n) is 27.1. The highest BCUT2D eigenvalue weighted by atomic mass is 16.3. The molecule has 2 aromatic heterocycles. The largest absolute Gasteiger partial charge is 0.453 e. The summed E-state index contributed by atoms with van der Waals surface area (Å²) in [6, 6.07) is 62.6. The van der Waals surface area contributed by atoms with E-state index in [4.69, 9.17) is 9.40 Å². The van der Waals surface area contributed by atoms with Crippen molar-refractivity contribution in [1.82, 2.24) is 4.98 Å². The van der Waals surface area contributed by atoms with Crippen LogP contribution < -0.4 is 4.90 Å². The summed E-state index contributed by atoms with van der Waals surface area (Å²) in [6.07, 6.45) is 1.94. The van der Waals surface area contributed by atoms with E-state index in [2.05, 4.69) is 163 Å². The number of para-hydroxylation sites is 2. The summed E-state index contributed by atoms with van der Waals surface area (Å²) in [5, 5.41) is 8.00. The average molecular weight is 639 g/mol. The van der Waals surface area contributed by atoms with Gasteiger partial charge in [-0.1, -0.05) is 127 Å². The normalized spacial score (nSPS) is 11.6. The smallest absolute Gasteiger partial charge is 0.159 e. The summed E-state index contributed by atoms with van der Waals surface area (Å²) in [5.74, 6) is 0. The Bertz CT molecular complexity index is 2880. The molecule has 3 nitrogen and oxygen atoms in total. The number of aromatic nitrogens is 1. The molecule has 2 heterocycles. The topological polar surface area (TPSA) is 29.3 Å². The molecule has 3 heteroatoms. The lowest BCUT2D eigenvalue weighted by atomic mass is 9.97. The average Bonchev–Trinajstić information content (AvgIpc) is 3.58.